The summed E-state index contributed by atoms with van der Waals surface area (Å²) in [6, 6.07) is 0. The summed E-state index contributed by atoms with van der Waals surface area (Å²) >= 11 is 11.4. The summed E-state index contributed by atoms with van der Waals surface area (Å²) in [7, 11) is 0. The summed E-state index contributed by atoms with van der Waals surface area (Å²) in [6.07, 6.45) is -1.30. The zero-order chi connectivity index (χ0) is 9.30. The Morgan fingerprint density at radius 2 is 2.00 bits per heavy atom. The Labute approximate surface area is 89.4 Å². The predicted molar refractivity (Wildman–Crippen MR) is 49.6 cm³/mol. The average molecular weight is 321 g/mol. The van der Waals surface area contributed by atoms with Crippen LogP contribution in [0, 0.1) is 0 Å². The van der Waals surface area contributed by atoms with Gasteiger partial charge < -0.3 is 0 Å². The molecule has 0 aromatic carbocycles. The second-order valence-electron chi connectivity index (χ2n) is 1.93. The molecule has 0 saturated heterocycles. The summed E-state index contributed by atoms with van der Waals surface area (Å²) < 4.78 is 24.9. The van der Waals surface area contributed by atoms with Crippen molar-refractivity contribution in [3.63, 3.8) is 0 Å². The number of alkyl halides is 2. The van der Waals surface area contributed by atoms with E-state index in [4.69, 9.17) is 11.6 Å². The van der Waals surface area contributed by atoms with E-state index in [1.54, 1.807) is 0 Å². The van der Waals surface area contributed by atoms with Crippen LogP contribution >= 0.6 is 43.5 Å². The molecule has 12 heavy (non-hydrogen) atoms. The van der Waals surface area contributed by atoms with Crippen molar-refractivity contribution in [1.29, 1.82) is 0 Å². The zero-order valence-corrected chi connectivity index (χ0v) is 9.42. The zero-order valence-electron chi connectivity index (χ0n) is 5.49. The SMILES string of the molecule is FC(F)c1c(Br)ncc(Cl)c1Br. The minimum atomic E-state index is -2.60. The largest absolute Gasteiger partial charge is 0.267 e. The fraction of sp³-hybridized carbons (Fsp3) is 0.167. The second kappa shape index (κ2) is 3.98. The molecule has 1 heterocycles. The van der Waals surface area contributed by atoms with Crippen molar-refractivity contribution in [2.45, 2.75) is 6.43 Å². The number of aromatic nitrogens is 1. The van der Waals surface area contributed by atoms with Crippen LogP contribution in [0.15, 0.2) is 15.3 Å². The van der Waals surface area contributed by atoms with E-state index in [9.17, 15) is 8.78 Å². The highest BCUT2D eigenvalue weighted by molar-refractivity contribution is 9.11. The van der Waals surface area contributed by atoms with Crippen LogP contribution in [0.2, 0.25) is 5.02 Å². The van der Waals surface area contributed by atoms with E-state index >= 15 is 0 Å². The highest BCUT2D eigenvalue weighted by Gasteiger charge is 2.18. The molecule has 0 aliphatic rings. The lowest BCUT2D eigenvalue weighted by atomic mass is 10.3. The maximum atomic E-state index is 12.3. The summed E-state index contributed by atoms with van der Waals surface area (Å²) in [5, 5.41) is 0.175. The fourth-order valence-corrected chi connectivity index (χ4v) is 2.00. The van der Waals surface area contributed by atoms with Gasteiger partial charge in [-0.25, -0.2) is 13.8 Å². The molecule has 0 spiro atoms. The Hall–Kier alpha value is 0.260. The Kier molecular flexibility index (Phi) is 3.43. The molecule has 0 fully saturated rings. The van der Waals surface area contributed by atoms with E-state index in [0.717, 1.165) is 0 Å². The third kappa shape index (κ3) is 1.95. The van der Waals surface area contributed by atoms with Crippen molar-refractivity contribution in [2.75, 3.05) is 0 Å². The van der Waals surface area contributed by atoms with Gasteiger partial charge in [-0.15, -0.1) is 0 Å². The van der Waals surface area contributed by atoms with Crippen LogP contribution < -0.4 is 0 Å². The van der Waals surface area contributed by atoms with Gasteiger partial charge in [0.15, 0.2) is 0 Å². The number of pyridine rings is 1. The smallest absolute Gasteiger partial charge is 0.247 e. The van der Waals surface area contributed by atoms with Crippen LogP contribution in [0.5, 0.6) is 0 Å². The predicted octanol–water partition coefficient (Wildman–Crippen LogP) is 4.20. The highest BCUT2D eigenvalue weighted by atomic mass is 79.9. The minimum Gasteiger partial charge on any atom is -0.247 e. The first-order chi connectivity index (χ1) is 5.54. The lowest BCUT2D eigenvalue weighted by molar-refractivity contribution is 0.149. The van der Waals surface area contributed by atoms with Gasteiger partial charge in [0.25, 0.3) is 6.43 Å². The summed E-state index contributed by atoms with van der Waals surface area (Å²) in [5.74, 6) is 0. The molecule has 0 radical (unpaired) electrons. The average Bonchev–Trinajstić information content (AvgIpc) is 1.97. The maximum Gasteiger partial charge on any atom is 0.267 e. The molecule has 0 N–H and O–H groups in total. The van der Waals surface area contributed by atoms with E-state index < -0.39 is 6.43 Å². The van der Waals surface area contributed by atoms with Crippen LogP contribution in [-0.2, 0) is 0 Å². The molecule has 0 atom stereocenters. The summed E-state index contributed by atoms with van der Waals surface area (Å²) in [4.78, 5) is 3.64. The standard InChI is InChI=1S/C6H2Br2ClF2N/c7-4-2(9)1-12-5(8)3(4)6(10)11/h1,6H. The van der Waals surface area contributed by atoms with Gasteiger partial charge in [-0.05, 0) is 31.9 Å². The molecule has 0 aliphatic carbocycles. The van der Waals surface area contributed by atoms with Gasteiger partial charge in [0.05, 0.1) is 10.6 Å². The first-order valence-corrected chi connectivity index (χ1v) is 4.78. The number of nitrogens with zero attached hydrogens (tertiary/aromatic N) is 1. The van der Waals surface area contributed by atoms with Crippen molar-refractivity contribution in [2.24, 2.45) is 0 Å². The second-order valence-corrected chi connectivity index (χ2v) is 3.88. The highest BCUT2D eigenvalue weighted by Crippen LogP contribution is 2.36. The molecule has 1 aromatic rings. The Balaban J connectivity index is 3.33. The first kappa shape index (κ1) is 10.3. The van der Waals surface area contributed by atoms with E-state index in [2.05, 4.69) is 36.8 Å². The lowest BCUT2D eigenvalue weighted by Gasteiger charge is -2.05. The van der Waals surface area contributed by atoms with E-state index in [1.807, 2.05) is 0 Å². The van der Waals surface area contributed by atoms with Crippen molar-refractivity contribution in [3.05, 3.63) is 25.9 Å². The molecule has 1 rings (SSSR count). The van der Waals surface area contributed by atoms with Gasteiger partial charge in [0.2, 0.25) is 0 Å². The van der Waals surface area contributed by atoms with Crippen molar-refractivity contribution < 1.29 is 8.78 Å². The van der Waals surface area contributed by atoms with Gasteiger partial charge in [-0.2, -0.15) is 0 Å². The van der Waals surface area contributed by atoms with Crippen LogP contribution in [0.1, 0.15) is 12.0 Å². The van der Waals surface area contributed by atoms with Gasteiger partial charge in [-0.3, -0.25) is 0 Å². The normalized spacial score (nSPS) is 10.8. The van der Waals surface area contributed by atoms with Crippen molar-refractivity contribution in [3.8, 4) is 0 Å². The molecule has 0 bridgehead atoms. The molecule has 66 valence electrons. The van der Waals surface area contributed by atoms with E-state index in [1.165, 1.54) is 6.20 Å². The fourth-order valence-electron chi connectivity index (χ4n) is 0.645. The van der Waals surface area contributed by atoms with Crippen molar-refractivity contribution in [1.82, 2.24) is 4.98 Å². The van der Waals surface area contributed by atoms with E-state index in [0.29, 0.717) is 0 Å². The number of hydrogen-bond acceptors (Lipinski definition) is 1. The first-order valence-electron chi connectivity index (χ1n) is 2.81. The Morgan fingerprint density at radius 1 is 1.42 bits per heavy atom. The number of rotatable bonds is 1. The summed E-state index contributed by atoms with van der Waals surface area (Å²) in [6.45, 7) is 0. The topological polar surface area (TPSA) is 12.9 Å². The quantitative estimate of drug-likeness (QED) is 0.707. The van der Waals surface area contributed by atoms with E-state index in [-0.39, 0.29) is 19.7 Å². The van der Waals surface area contributed by atoms with Gasteiger partial charge in [0.1, 0.15) is 4.60 Å². The van der Waals surface area contributed by atoms with Crippen LogP contribution in [0.25, 0.3) is 0 Å². The third-order valence-electron chi connectivity index (χ3n) is 1.18. The molecular formula is C6H2Br2ClF2N. The monoisotopic (exact) mass is 319 g/mol. The molecule has 1 nitrogen and oxygen atoms in total. The van der Waals surface area contributed by atoms with Crippen LogP contribution in [-0.4, -0.2) is 4.98 Å². The van der Waals surface area contributed by atoms with Gasteiger partial charge >= 0.3 is 0 Å². The minimum absolute atomic E-state index is 0.105. The Morgan fingerprint density at radius 3 is 2.42 bits per heavy atom. The number of hydrogen-bond donors (Lipinski definition) is 0. The molecular weight excluding hydrogens is 319 g/mol. The molecule has 0 amide bonds. The lowest BCUT2D eigenvalue weighted by Crippen LogP contribution is -1.91. The Bertz CT molecular complexity index is 306. The molecule has 0 aliphatic heterocycles. The van der Waals surface area contributed by atoms with Gasteiger partial charge in [-0.1, -0.05) is 11.6 Å². The molecule has 0 unspecified atom stereocenters. The molecule has 6 heteroatoms. The molecule has 0 saturated carbocycles. The molecule has 1 aromatic heterocycles. The van der Waals surface area contributed by atoms with Gasteiger partial charge in [0, 0.05) is 10.7 Å². The van der Waals surface area contributed by atoms with Crippen LogP contribution in [0.3, 0.4) is 0 Å². The van der Waals surface area contributed by atoms with Crippen LogP contribution in [0.4, 0.5) is 8.78 Å². The summed E-state index contributed by atoms with van der Waals surface area (Å²) in [5.41, 5.74) is -0.220. The maximum absolute atomic E-state index is 12.3. The van der Waals surface area contributed by atoms with Crippen molar-refractivity contribution >= 4 is 43.5 Å². The number of halogens is 5. The third-order valence-corrected chi connectivity index (χ3v) is 3.18.